The molecule has 142 valence electrons. The van der Waals surface area contributed by atoms with Crippen LogP contribution in [0.25, 0.3) is 0 Å². The number of ether oxygens (including phenoxy) is 1. The first kappa shape index (κ1) is 18.3. The van der Waals surface area contributed by atoms with E-state index in [4.69, 9.17) is 4.74 Å². The molecule has 1 saturated heterocycles. The van der Waals surface area contributed by atoms with Crippen molar-refractivity contribution in [3.05, 3.63) is 96.1 Å². The van der Waals surface area contributed by atoms with Gasteiger partial charge in [0.1, 0.15) is 18.0 Å². The lowest BCUT2D eigenvalue weighted by atomic mass is 10.1. The minimum absolute atomic E-state index is 0.137. The zero-order valence-corrected chi connectivity index (χ0v) is 15.9. The third-order valence-corrected chi connectivity index (χ3v) is 5.11. The van der Waals surface area contributed by atoms with Gasteiger partial charge in [-0.1, -0.05) is 48.5 Å². The van der Waals surface area contributed by atoms with E-state index in [2.05, 4.69) is 12.1 Å². The molecule has 4 rings (SSSR count). The van der Waals surface area contributed by atoms with Crippen molar-refractivity contribution >= 4 is 5.91 Å². The standard InChI is InChI=1S/C24H24N2O2/c27-24(21-9-3-1-4-10-21)26-16-14-25(15-17-26)19-20-8-7-13-23(18-20)28-22-11-5-2-6-12-22/h1-13,18H,14-17,19H2/p+1. The molecule has 3 aromatic rings. The molecule has 0 atom stereocenters. The highest BCUT2D eigenvalue weighted by Crippen LogP contribution is 2.21. The average Bonchev–Trinajstić information content (AvgIpc) is 2.75. The number of hydrogen-bond acceptors (Lipinski definition) is 2. The molecule has 1 heterocycles. The Hall–Kier alpha value is -3.11. The molecule has 1 amide bonds. The summed E-state index contributed by atoms with van der Waals surface area (Å²) in [6.07, 6.45) is 0. The minimum Gasteiger partial charge on any atom is -0.457 e. The van der Waals surface area contributed by atoms with E-state index in [0.29, 0.717) is 0 Å². The summed E-state index contributed by atoms with van der Waals surface area (Å²) >= 11 is 0. The van der Waals surface area contributed by atoms with Gasteiger partial charge in [-0.25, -0.2) is 0 Å². The average molecular weight is 373 g/mol. The maximum absolute atomic E-state index is 12.6. The molecule has 0 aliphatic carbocycles. The van der Waals surface area contributed by atoms with E-state index in [-0.39, 0.29) is 5.91 Å². The maximum Gasteiger partial charge on any atom is 0.254 e. The molecule has 4 heteroatoms. The third-order valence-electron chi connectivity index (χ3n) is 5.11. The molecule has 1 aliphatic heterocycles. The van der Waals surface area contributed by atoms with E-state index in [1.54, 1.807) is 0 Å². The number of nitrogens with one attached hydrogen (secondary N) is 1. The monoisotopic (exact) mass is 373 g/mol. The first-order valence-electron chi connectivity index (χ1n) is 9.78. The molecular formula is C24H25N2O2+. The van der Waals surface area contributed by atoms with Crippen LogP contribution in [-0.4, -0.2) is 37.0 Å². The van der Waals surface area contributed by atoms with E-state index in [1.807, 2.05) is 77.7 Å². The van der Waals surface area contributed by atoms with Crippen LogP contribution in [0.2, 0.25) is 0 Å². The Kier molecular flexibility index (Phi) is 5.69. The number of piperazine rings is 1. The molecule has 0 spiro atoms. The summed E-state index contributed by atoms with van der Waals surface area (Å²) in [6.45, 7) is 4.45. The van der Waals surface area contributed by atoms with E-state index in [0.717, 1.165) is 49.8 Å². The molecule has 28 heavy (non-hydrogen) atoms. The molecule has 0 aromatic heterocycles. The van der Waals surface area contributed by atoms with Gasteiger partial charge in [-0.05, 0) is 36.4 Å². The molecule has 4 nitrogen and oxygen atoms in total. The Bertz CT molecular complexity index is 904. The Labute approximate surface area is 166 Å². The highest BCUT2D eigenvalue weighted by Gasteiger charge is 2.24. The van der Waals surface area contributed by atoms with Crippen molar-refractivity contribution in [2.45, 2.75) is 6.54 Å². The molecule has 1 aliphatic rings. The van der Waals surface area contributed by atoms with Crippen LogP contribution in [0, 0.1) is 0 Å². The second-order valence-corrected chi connectivity index (χ2v) is 7.15. The van der Waals surface area contributed by atoms with Gasteiger partial charge in [0.05, 0.1) is 26.2 Å². The summed E-state index contributed by atoms with van der Waals surface area (Å²) in [6, 6.07) is 27.7. The molecule has 1 N–H and O–H groups in total. The van der Waals surface area contributed by atoms with Gasteiger partial charge in [0, 0.05) is 11.1 Å². The van der Waals surface area contributed by atoms with Crippen LogP contribution in [-0.2, 0) is 6.54 Å². The summed E-state index contributed by atoms with van der Waals surface area (Å²) < 4.78 is 5.94. The van der Waals surface area contributed by atoms with Crippen LogP contribution in [0.5, 0.6) is 11.5 Å². The Balaban J connectivity index is 1.32. The number of hydrogen-bond donors (Lipinski definition) is 1. The lowest BCUT2D eigenvalue weighted by Crippen LogP contribution is -3.13. The van der Waals surface area contributed by atoms with Crippen molar-refractivity contribution < 1.29 is 14.4 Å². The fraction of sp³-hybridized carbons (Fsp3) is 0.208. The molecule has 3 aromatic carbocycles. The Morgan fingerprint density at radius 1 is 0.821 bits per heavy atom. The van der Waals surface area contributed by atoms with E-state index < -0.39 is 0 Å². The fourth-order valence-electron chi connectivity index (χ4n) is 3.60. The lowest BCUT2D eigenvalue weighted by Gasteiger charge is -2.32. The molecule has 0 bridgehead atoms. The molecule has 1 fully saturated rings. The highest BCUT2D eigenvalue weighted by atomic mass is 16.5. The molecule has 0 radical (unpaired) electrons. The predicted molar refractivity (Wildman–Crippen MR) is 110 cm³/mol. The van der Waals surface area contributed by atoms with E-state index in [9.17, 15) is 4.79 Å². The van der Waals surface area contributed by atoms with E-state index >= 15 is 0 Å². The molecule has 0 unspecified atom stereocenters. The van der Waals surface area contributed by atoms with Gasteiger partial charge >= 0.3 is 0 Å². The highest BCUT2D eigenvalue weighted by molar-refractivity contribution is 5.94. The van der Waals surface area contributed by atoms with Crippen molar-refractivity contribution in [3.8, 4) is 11.5 Å². The normalized spacial score (nSPS) is 14.6. The summed E-state index contributed by atoms with van der Waals surface area (Å²) in [4.78, 5) is 16.0. The first-order valence-corrected chi connectivity index (χ1v) is 9.78. The smallest absolute Gasteiger partial charge is 0.254 e. The van der Waals surface area contributed by atoms with Gasteiger partial charge in [-0.3, -0.25) is 4.79 Å². The summed E-state index contributed by atoms with van der Waals surface area (Å²) in [5, 5.41) is 0. The third kappa shape index (κ3) is 4.59. The van der Waals surface area contributed by atoms with Crippen LogP contribution >= 0.6 is 0 Å². The second-order valence-electron chi connectivity index (χ2n) is 7.15. The van der Waals surface area contributed by atoms with Gasteiger partial charge < -0.3 is 14.5 Å². The van der Waals surface area contributed by atoms with Crippen LogP contribution in [0.3, 0.4) is 0 Å². The topological polar surface area (TPSA) is 34.0 Å². The SMILES string of the molecule is O=C(c1ccccc1)N1CC[NH+](Cc2cccc(Oc3ccccc3)c2)CC1. The minimum atomic E-state index is 0.137. The first-order chi connectivity index (χ1) is 13.8. The van der Waals surface area contributed by atoms with Gasteiger partial charge in [-0.2, -0.15) is 0 Å². The van der Waals surface area contributed by atoms with Crippen LogP contribution in [0.15, 0.2) is 84.9 Å². The predicted octanol–water partition coefficient (Wildman–Crippen LogP) is 3.02. The quantitative estimate of drug-likeness (QED) is 0.746. The van der Waals surface area contributed by atoms with Crippen molar-refractivity contribution in [2.75, 3.05) is 26.2 Å². The zero-order valence-electron chi connectivity index (χ0n) is 15.9. The van der Waals surface area contributed by atoms with Crippen LogP contribution in [0.4, 0.5) is 0 Å². The van der Waals surface area contributed by atoms with Crippen molar-refractivity contribution in [1.29, 1.82) is 0 Å². The van der Waals surface area contributed by atoms with Crippen molar-refractivity contribution in [3.63, 3.8) is 0 Å². The molecule has 0 saturated carbocycles. The van der Waals surface area contributed by atoms with Crippen LogP contribution < -0.4 is 9.64 Å². The summed E-state index contributed by atoms with van der Waals surface area (Å²) in [7, 11) is 0. The zero-order chi connectivity index (χ0) is 19.2. The lowest BCUT2D eigenvalue weighted by molar-refractivity contribution is -0.917. The van der Waals surface area contributed by atoms with Gasteiger partial charge in [0.15, 0.2) is 0 Å². The number of carbonyl (C=O) groups excluding carboxylic acids is 1. The molecular weight excluding hydrogens is 348 g/mol. The van der Waals surface area contributed by atoms with E-state index in [1.165, 1.54) is 10.5 Å². The van der Waals surface area contributed by atoms with Crippen molar-refractivity contribution in [1.82, 2.24) is 4.90 Å². The summed E-state index contributed by atoms with van der Waals surface area (Å²) in [5.41, 5.74) is 2.03. The second kappa shape index (κ2) is 8.72. The number of benzene rings is 3. The summed E-state index contributed by atoms with van der Waals surface area (Å²) in [5.74, 6) is 1.85. The van der Waals surface area contributed by atoms with Gasteiger partial charge in [-0.15, -0.1) is 0 Å². The largest absolute Gasteiger partial charge is 0.457 e. The van der Waals surface area contributed by atoms with Gasteiger partial charge in [0.2, 0.25) is 0 Å². The Morgan fingerprint density at radius 3 is 2.18 bits per heavy atom. The van der Waals surface area contributed by atoms with Crippen molar-refractivity contribution in [2.24, 2.45) is 0 Å². The number of quaternary nitrogens is 1. The number of rotatable bonds is 5. The Morgan fingerprint density at radius 2 is 1.46 bits per heavy atom. The number of nitrogens with zero attached hydrogens (tertiary/aromatic N) is 1. The van der Waals surface area contributed by atoms with Gasteiger partial charge in [0.25, 0.3) is 5.91 Å². The number of para-hydroxylation sites is 1. The maximum atomic E-state index is 12.6. The number of carbonyl (C=O) groups is 1. The van der Waals surface area contributed by atoms with Crippen LogP contribution in [0.1, 0.15) is 15.9 Å². The number of amides is 1. The fourth-order valence-corrected chi connectivity index (χ4v) is 3.60.